The van der Waals surface area contributed by atoms with Crippen molar-refractivity contribution >= 4 is 49.3 Å². The second-order valence-electron chi connectivity index (χ2n) is 10.7. The number of carbonyl (C=O) groups is 1. The molecule has 0 aliphatic carbocycles. The Bertz CT molecular complexity index is 2280. The molecule has 0 fully saturated rings. The number of aliphatic hydroxyl groups excluding tert-OH is 1. The average molecular weight is 621 g/mol. The number of rotatable bonds is 8. The molecular formula is C34H28N4O6S. The van der Waals surface area contributed by atoms with Gasteiger partial charge in [0, 0.05) is 35.2 Å². The number of para-hydroxylation sites is 1. The fraction of sp³-hybridized carbons (Fsp3) is 0.147. The monoisotopic (exact) mass is 620 g/mol. The molecule has 0 amide bonds. The van der Waals surface area contributed by atoms with Crippen LogP contribution in [0.3, 0.4) is 0 Å². The van der Waals surface area contributed by atoms with Gasteiger partial charge in [-0.3, -0.25) is 9.10 Å². The molecule has 3 N–H and O–H groups in total. The van der Waals surface area contributed by atoms with Crippen LogP contribution in [-0.2, 0) is 16.6 Å². The third-order valence-electron chi connectivity index (χ3n) is 7.76. The zero-order valence-corrected chi connectivity index (χ0v) is 25.5. The summed E-state index contributed by atoms with van der Waals surface area (Å²) in [7, 11) is -2.29. The summed E-state index contributed by atoms with van der Waals surface area (Å²) < 4.78 is 39.0. The number of anilines is 1. The van der Waals surface area contributed by atoms with Gasteiger partial charge in [-0.2, -0.15) is 0 Å². The highest BCUT2D eigenvalue weighted by molar-refractivity contribution is 7.92. The number of aromatic nitrogens is 1. The van der Waals surface area contributed by atoms with Crippen molar-refractivity contribution in [2.75, 3.05) is 24.2 Å². The molecule has 0 saturated heterocycles. The molecule has 2 heterocycles. The van der Waals surface area contributed by atoms with Gasteiger partial charge in [0.15, 0.2) is 5.78 Å². The van der Waals surface area contributed by atoms with Crippen molar-refractivity contribution < 1.29 is 27.2 Å². The summed E-state index contributed by atoms with van der Waals surface area (Å²) in [4.78, 5) is 21.4. The predicted octanol–water partition coefficient (Wildman–Crippen LogP) is 6.46. The standard InChI is InChI=1S/C34H28N4O6S/c1-19-8-10-20(11-9-19)33-31(28(40)17-35)25-15-23(27(16-30(25)43-33)38(3)45(4,41)42)21-12-13-22(18-39)24(14-21)34-37-32-26(36-2)6-5-7-29(32)44-34/h5-16,39H,17-18,35H2,1,3-4H3. The maximum atomic E-state index is 13.3. The lowest BCUT2D eigenvalue weighted by atomic mass is 9.94. The zero-order valence-electron chi connectivity index (χ0n) is 24.7. The van der Waals surface area contributed by atoms with E-state index in [1.807, 2.05) is 31.2 Å². The van der Waals surface area contributed by atoms with E-state index >= 15 is 0 Å². The minimum absolute atomic E-state index is 0.190. The molecule has 2 aromatic heterocycles. The molecule has 0 aliphatic heterocycles. The Labute approximate surface area is 259 Å². The number of Topliss-reactive ketones (excluding diaryl/α,β-unsaturated/α-hetero) is 1. The minimum atomic E-state index is -3.73. The van der Waals surface area contributed by atoms with Gasteiger partial charge in [-0.1, -0.05) is 54.1 Å². The molecule has 0 spiro atoms. The normalized spacial score (nSPS) is 11.6. The number of hydrogen-bond acceptors (Lipinski definition) is 8. The van der Waals surface area contributed by atoms with Crippen LogP contribution in [0.1, 0.15) is 21.5 Å². The number of furan rings is 1. The van der Waals surface area contributed by atoms with Gasteiger partial charge in [0.05, 0.1) is 37.2 Å². The first-order valence-corrected chi connectivity index (χ1v) is 15.7. The lowest BCUT2D eigenvalue weighted by molar-refractivity contribution is 0.100. The SMILES string of the molecule is [C-]#[N+]c1cccc2oc(-c3cc(-c4cc5c(C(=O)CN)c(-c6ccc(C)cc6)oc5cc4N(C)S(C)(=O)=O)ccc3CO)nc12. The van der Waals surface area contributed by atoms with Crippen LogP contribution in [0.5, 0.6) is 0 Å². The number of ketones is 1. The highest BCUT2D eigenvalue weighted by Crippen LogP contribution is 2.43. The van der Waals surface area contributed by atoms with E-state index in [9.17, 15) is 18.3 Å². The molecule has 6 aromatic rings. The van der Waals surface area contributed by atoms with E-state index in [0.29, 0.717) is 72.6 Å². The molecule has 6 rings (SSSR count). The van der Waals surface area contributed by atoms with Gasteiger partial charge in [-0.15, -0.1) is 0 Å². The van der Waals surface area contributed by atoms with E-state index in [0.717, 1.165) is 16.1 Å². The first-order chi connectivity index (χ1) is 21.5. The fourth-order valence-corrected chi connectivity index (χ4v) is 5.82. The summed E-state index contributed by atoms with van der Waals surface area (Å²) in [6, 6.07) is 21.1. The summed E-state index contributed by atoms with van der Waals surface area (Å²) in [5.74, 6) is 0.192. The first kappa shape index (κ1) is 29.8. The number of sulfonamides is 1. The second kappa shape index (κ2) is 11.3. The summed E-state index contributed by atoms with van der Waals surface area (Å²) in [6.07, 6.45) is 1.10. The Morgan fingerprint density at radius 2 is 1.73 bits per heavy atom. The van der Waals surface area contributed by atoms with Gasteiger partial charge in [0.25, 0.3) is 0 Å². The summed E-state index contributed by atoms with van der Waals surface area (Å²) in [5, 5.41) is 10.7. The highest BCUT2D eigenvalue weighted by atomic mass is 32.2. The average Bonchev–Trinajstić information content (AvgIpc) is 3.64. The minimum Gasteiger partial charge on any atom is -0.455 e. The van der Waals surface area contributed by atoms with Crippen LogP contribution < -0.4 is 10.0 Å². The van der Waals surface area contributed by atoms with Gasteiger partial charge in [0.1, 0.15) is 22.4 Å². The van der Waals surface area contributed by atoms with Crippen molar-refractivity contribution in [3.8, 4) is 33.9 Å². The van der Waals surface area contributed by atoms with E-state index in [4.69, 9.17) is 21.1 Å². The van der Waals surface area contributed by atoms with Crippen LogP contribution in [0.2, 0.25) is 0 Å². The van der Waals surface area contributed by atoms with E-state index < -0.39 is 10.0 Å². The third kappa shape index (κ3) is 5.25. The number of nitrogens with two attached hydrogens (primary N) is 1. The van der Waals surface area contributed by atoms with Crippen LogP contribution >= 0.6 is 0 Å². The Morgan fingerprint density at radius 1 is 1.00 bits per heavy atom. The molecule has 10 nitrogen and oxygen atoms in total. The number of aryl methyl sites for hydroxylation is 1. The molecule has 4 aromatic carbocycles. The number of aliphatic hydroxyl groups is 1. The van der Waals surface area contributed by atoms with Gasteiger partial charge in [-0.05, 0) is 36.2 Å². The number of oxazole rings is 1. The van der Waals surface area contributed by atoms with E-state index in [1.165, 1.54) is 7.05 Å². The molecule has 45 heavy (non-hydrogen) atoms. The Kier molecular flexibility index (Phi) is 7.50. The molecule has 0 unspecified atom stereocenters. The van der Waals surface area contributed by atoms with Gasteiger partial charge in [0.2, 0.25) is 21.6 Å². The molecule has 0 saturated carbocycles. The maximum Gasteiger partial charge on any atom is 0.232 e. The van der Waals surface area contributed by atoms with Gasteiger partial charge in [-0.25, -0.2) is 18.2 Å². The number of carbonyl (C=O) groups excluding carboxylic acids is 1. The highest BCUT2D eigenvalue weighted by Gasteiger charge is 2.26. The molecular weight excluding hydrogens is 592 g/mol. The maximum absolute atomic E-state index is 13.3. The Balaban J connectivity index is 1.64. The molecule has 0 aliphatic rings. The molecule has 11 heteroatoms. The van der Waals surface area contributed by atoms with Crippen LogP contribution in [0.4, 0.5) is 11.4 Å². The quantitative estimate of drug-likeness (QED) is 0.146. The topological polar surface area (TPSA) is 144 Å². The van der Waals surface area contributed by atoms with Crippen molar-refractivity contribution in [1.82, 2.24) is 4.98 Å². The number of nitrogens with zero attached hydrogens (tertiary/aromatic N) is 3. The fourth-order valence-electron chi connectivity index (χ4n) is 5.31. The van der Waals surface area contributed by atoms with Crippen molar-refractivity contribution in [3.05, 3.63) is 101 Å². The molecule has 0 bridgehead atoms. The largest absolute Gasteiger partial charge is 0.455 e. The Hall–Kier alpha value is -5.28. The summed E-state index contributed by atoms with van der Waals surface area (Å²) >= 11 is 0. The first-order valence-electron chi connectivity index (χ1n) is 13.9. The van der Waals surface area contributed by atoms with E-state index in [2.05, 4.69) is 9.83 Å². The van der Waals surface area contributed by atoms with E-state index in [-0.39, 0.29) is 24.8 Å². The molecule has 0 atom stereocenters. The number of benzene rings is 4. The van der Waals surface area contributed by atoms with Crippen molar-refractivity contribution in [2.24, 2.45) is 5.73 Å². The van der Waals surface area contributed by atoms with Crippen LogP contribution in [0.15, 0.2) is 81.6 Å². The van der Waals surface area contributed by atoms with Crippen molar-refractivity contribution in [2.45, 2.75) is 13.5 Å². The predicted molar refractivity (Wildman–Crippen MR) is 174 cm³/mol. The molecule has 0 radical (unpaired) electrons. The Morgan fingerprint density at radius 3 is 2.40 bits per heavy atom. The van der Waals surface area contributed by atoms with Crippen LogP contribution in [0.25, 0.3) is 60.8 Å². The van der Waals surface area contributed by atoms with Crippen molar-refractivity contribution in [1.29, 1.82) is 0 Å². The van der Waals surface area contributed by atoms with E-state index in [1.54, 1.807) is 48.5 Å². The van der Waals surface area contributed by atoms with Crippen LogP contribution in [0, 0.1) is 13.5 Å². The zero-order chi connectivity index (χ0) is 32.0. The van der Waals surface area contributed by atoms with Crippen LogP contribution in [-0.4, -0.2) is 44.1 Å². The summed E-state index contributed by atoms with van der Waals surface area (Å²) in [5.41, 5.74) is 11.6. The lowest BCUT2D eigenvalue weighted by Crippen LogP contribution is -2.25. The smallest absolute Gasteiger partial charge is 0.232 e. The van der Waals surface area contributed by atoms with Gasteiger partial charge >= 0.3 is 0 Å². The second-order valence-corrected chi connectivity index (χ2v) is 12.7. The lowest BCUT2D eigenvalue weighted by Gasteiger charge is -2.21. The van der Waals surface area contributed by atoms with Crippen molar-refractivity contribution in [3.63, 3.8) is 0 Å². The third-order valence-corrected chi connectivity index (χ3v) is 8.95. The molecule has 226 valence electrons. The summed E-state index contributed by atoms with van der Waals surface area (Å²) in [6.45, 7) is 8.86. The number of fused-ring (bicyclic) bond motifs is 2. The van der Waals surface area contributed by atoms with Gasteiger partial charge < -0.3 is 19.7 Å². The number of hydrogen-bond donors (Lipinski definition) is 2.